The Kier molecular flexibility index (Phi) is 3.13. The van der Waals surface area contributed by atoms with Crippen LogP contribution in [-0.2, 0) is 8.62 Å². The van der Waals surface area contributed by atoms with Crippen molar-refractivity contribution >= 4 is 28.0 Å². The fraction of sp³-hybridized carbons (Fsp3) is 0. The Labute approximate surface area is 82.0 Å². The molecule has 0 unspecified atom stereocenters. The van der Waals surface area contributed by atoms with Crippen LogP contribution < -0.4 is 0 Å². The molecular formula is C8H4BrFO3. The van der Waals surface area contributed by atoms with Gasteiger partial charge in [-0.1, -0.05) is 12.1 Å². The molecule has 0 aliphatic carbocycles. The number of carbonyl (C=O) groups excluding carboxylic acids is 2. The van der Waals surface area contributed by atoms with Crippen LogP contribution in [0.25, 0.3) is 0 Å². The van der Waals surface area contributed by atoms with Gasteiger partial charge < -0.3 is 3.83 Å². The van der Waals surface area contributed by atoms with Gasteiger partial charge in [0, 0.05) is 0 Å². The predicted molar refractivity (Wildman–Crippen MR) is 45.7 cm³/mol. The first-order valence-corrected chi connectivity index (χ1v) is 3.93. The van der Waals surface area contributed by atoms with Gasteiger partial charge in [0.2, 0.25) is 0 Å². The summed E-state index contributed by atoms with van der Waals surface area (Å²) in [6, 6.07) is 5.18. The van der Waals surface area contributed by atoms with Crippen molar-refractivity contribution in [3.63, 3.8) is 0 Å². The average Bonchev–Trinajstić information content (AvgIpc) is 2.16. The molecule has 0 fully saturated rings. The zero-order valence-corrected chi connectivity index (χ0v) is 7.88. The number of rotatable bonds is 2. The third-order valence-corrected chi connectivity index (χ3v) is 1.67. The maximum absolute atomic E-state index is 12.9. The van der Waals surface area contributed by atoms with Gasteiger partial charge in [-0.3, -0.25) is 4.79 Å². The Hall–Kier alpha value is -1.23. The molecule has 13 heavy (non-hydrogen) atoms. The van der Waals surface area contributed by atoms with Gasteiger partial charge in [0.25, 0.3) is 5.78 Å². The highest BCUT2D eigenvalue weighted by molar-refractivity contribution is 9.06. The molecule has 0 aromatic heterocycles. The summed E-state index contributed by atoms with van der Waals surface area (Å²) in [6.07, 6.45) is 0. The molecule has 1 aromatic rings. The number of hydrogen-bond donors (Lipinski definition) is 0. The van der Waals surface area contributed by atoms with Gasteiger partial charge in [0.05, 0.1) is 5.56 Å². The van der Waals surface area contributed by atoms with Crippen molar-refractivity contribution in [3.05, 3.63) is 35.6 Å². The summed E-state index contributed by atoms with van der Waals surface area (Å²) in [7, 11) is 0. The van der Waals surface area contributed by atoms with Crippen LogP contribution in [0.4, 0.5) is 4.39 Å². The largest absolute Gasteiger partial charge is 0.391 e. The summed E-state index contributed by atoms with van der Waals surface area (Å²) in [4.78, 5) is 21.7. The molecule has 0 aliphatic rings. The van der Waals surface area contributed by atoms with Crippen LogP contribution in [0.1, 0.15) is 10.4 Å². The predicted octanol–water partition coefficient (Wildman–Crippen LogP) is 1.86. The Balaban J connectivity index is 3.02. The van der Waals surface area contributed by atoms with Gasteiger partial charge in [-0.25, -0.2) is 9.18 Å². The van der Waals surface area contributed by atoms with E-state index in [0.717, 1.165) is 6.07 Å². The third kappa shape index (κ3) is 2.12. The van der Waals surface area contributed by atoms with Crippen molar-refractivity contribution in [2.24, 2.45) is 0 Å². The fourth-order valence-electron chi connectivity index (χ4n) is 0.790. The molecule has 0 bridgehead atoms. The zero-order chi connectivity index (χ0) is 9.84. The SMILES string of the molecule is O=C(OBr)C(=O)c1ccccc1F. The second-order valence-corrected chi connectivity index (χ2v) is 2.50. The molecule has 0 radical (unpaired) electrons. The van der Waals surface area contributed by atoms with Crippen LogP contribution in [0, 0.1) is 5.82 Å². The minimum Gasteiger partial charge on any atom is -0.378 e. The number of carbonyl (C=O) groups is 2. The van der Waals surface area contributed by atoms with Crippen LogP contribution in [-0.4, -0.2) is 11.8 Å². The highest BCUT2D eigenvalue weighted by Crippen LogP contribution is 2.08. The lowest BCUT2D eigenvalue weighted by atomic mass is 10.1. The van der Waals surface area contributed by atoms with E-state index < -0.39 is 17.6 Å². The van der Waals surface area contributed by atoms with Crippen LogP contribution in [0.5, 0.6) is 0 Å². The summed E-state index contributed by atoms with van der Waals surface area (Å²) < 4.78 is 16.9. The third-order valence-electron chi connectivity index (χ3n) is 1.37. The smallest absolute Gasteiger partial charge is 0.378 e. The molecule has 1 rings (SSSR count). The fourth-order valence-corrected chi connectivity index (χ4v) is 0.937. The van der Waals surface area contributed by atoms with Crippen molar-refractivity contribution in [1.82, 2.24) is 0 Å². The zero-order valence-electron chi connectivity index (χ0n) is 6.29. The highest BCUT2D eigenvalue weighted by atomic mass is 79.9. The Morgan fingerprint density at radius 3 is 2.46 bits per heavy atom. The van der Waals surface area contributed by atoms with E-state index in [0.29, 0.717) is 0 Å². The Morgan fingerprint density at radius 1 is 1.31 bits per heavy atom. The summed E-state index contributed by atoms with van der Waals surface area (Å²) in [5.74, 6) is -2.91. The number of ketones is 1. The molecule has 5 heteroatoms. The van der Waals surface area contributed by atoms with Crippen LogP contribution in [0.2, 0.25) is 0 Å². The van der Waals surface area contributed by atoms with Gasteiger partial charge in [-0.2, -0.15) is 0 Å². The van der Waals surface area contributed by atoms with Crippen molar-refractivity contribution in [2.45, 2.75) is 0 Å². The molecule has 0 spiro atoms. The number of Topliss-reactive ketones (excluding diaryl/α,β-unsaturated/α-hetero) is 1. The highest BCUT2D eigenvalue weighted by Gasteiger charge is 2.20. The van der Waals surface area contributed by atoms with Gasteiger partial charge >= 0.3 is 5.97 Å². The summed E-state index contributed by atoms with van der Waals surface area (Å²) in [5, 5.41) is 0. The molecule has 0 atom stereocenters. The van der Waals surface area contributed by atoms with E-state index in [1.165, 1.54) is 18.2 Å². The molecule has 68 valence electrons. The molecule has 0 N–H and O–H groups in total. The van der Waals surface area contributed by atoms with E-state index in [-0.39, 0.29) is 5.56 Å². The first-order chi connectivity index (χ1) is 6.16. The maximum atomic E-state index is 12.9. The van der Waals surface area contributed by atoms with Crippen LogP contribution in [0.3, 0.4) is 0 Å². The average molecular weight is 247 g/mol. The molecule has 0 heterocycles. The summed E-state index contributed by atoms with van der Waals surface area (Å²) in [6.45, 7) is 0. The lowest BCUT2D eigenvalue weighted by molar-refractivity contribution is -0.127. The minimum atomic E-state index is -1.15. The lowest BCUT2D eigenvalue weighted by Crippen LogP contribution is -2.15. The van der Waals surface area contributed by atoms with Crippen molar-refractivity contribution < 1.29 is 17.8 Å². The van der Waals surface area contributed by atoms with Crippen molar-refractivity contribution in [1.29, 1.82) is 0 Å². The van der Waals surface area contributed by atoms with E-state index >= 15 is 0 Å². The van der Waals surface area contributed by atoms with Gasteiger partial charge in [-0.05, 0) is 12.1 Å². The molecule has 1 aromatic carbocycles. The van der Waals surface area contributed by atoms with Crippen LogP contribution >= 0.6 is 16.3 Å². The topological polar surface area (TPSA) is 43.4 Å². The summed E-state index contributed by atoms with van der Waals surface area (Å²) >= 11 is 2.34. The van der Waals surface area contributed by atoms with Crippen molar-refractivity contribution in [2.75, 3.05) is 0 Å². The van der Waals surface area contributed by atoms with E-state index in [2.05, 4.69) is 20.1 Å². The quantitative estimate of drug-likeness (QED) is 0.591. The molecular weight excluding hydrogens is 243 g/mol. The molecule has 3 nitrogen and oxygen atoms in total. The Morgan fingerprint density at radius 2 is 1.92 bits per heavy atom. The van der Waals surface area contributed by atoms with Gasteiger partial charge in [0.15, 0.2) is 16.3 Å². The second-order valence-electron chi connectivity index (χ2n) is 2.17. The van der Waals surface area contributed by atoms with E-state index in [4.69, 9.17) is 0 Å². The van der Waals surface area contributed by atoms with E-state index in [1.54, 1.807) is 0 Å². The van der Waals surface area contributed by atoms with Gasteiger partial charge in [0.1, 0.15) is 5.82 Å². The molecule has 0 aliphatic heterocycles. The lowest BCUT2D eigenvalue weighted by Gasteiger charge is -1.97. The second kappa shape index (κ2) is 4.13. The number of halogens is 2. The Bertz CT molecular complexity index is 351. The normalized spacial score (nSPS) is 9.38. The molecule has 0 saturated heterocycles. The van der Waals surface area contributed by atoms with E-state index in [1.807, 2.05) is 0 Å². The first-order valence-electron chi connectivity index (χ1n) is 3.28. The number of hydrogen-bond acceptors (Lipinski definition) is 3. The maximum Gasteiger partial charge on any atom is 0.391 e. The van der Waals surface area contributed by atoms with Gasteiger partial charge in [-0.15, -0.1) is 0 Å². The minimum absolute atomic E-state index is 0.299. The standard InChI is InChI=1S/C8H4BrFO3/c9-13-8(12)7(11)5-3-1-2-4-6(5)10/h1-4H. The molecule has 0 amide bonds. The van der Waals surface area contributed by atoms with E-state index in [9.17, 15) is 14.0 Å². The van der Waals surface area contributed by atoms with Crippen molar-refractivity contribution in [3.8, 4) is 0 Å². The monoisotopic (exact) mass is 246 g/mol. The summed E-state index contributed by atoms with van der Waals surface area (Å²) in [5.41, 5.74) is -0.299. The first kappa shape index (κ1) is 9.85. The van der Waals surface area contributed by atoms with Crippen LogP contribution in [0.15, 0.2) is 24.3 Å². The molecule has 0 saturated carbocycles. The number of benzene rings is 1.